The highest BCUT2D eigenvalue weighted by Crippen LogP contribution is 2.53. The minimum atomic E-state index is -0.405. The van der Waals surface area contributed by atoms with Crippen molar-refractivity contribution in [3.05, 3.63) is 76.3 Å². The summed E-state index contributed by atoms with van der Waals surface area (Å²) in [6, 6.07) is 14.4. The van der Waals surface area contributed by atoms with Gasteiger partial charge in [0.05, 0.1) is 19.9 Å². The van der Waals surface area contributed by atoms with E-state index < -0.39 is 5.92 Å². The Balaban J connectivity index is 1.32. The minimum Gasteiger partial charge on any atom is -0.496 e. The summed E-state index contributed by atoms with van der Waals surface area (Å²) in [5.41, 5.74) is 4.15. The number of para-hydroxylation sites is 2. The quantitative estimate of drug-likeness (QED) is 0.388. The highest BCUT2D eigenvalue weighted by molar-refractivity contribution is 6.06. The normalized spacial score (nSPS) is 22.2. The number of hydrogen-bond acceptors (Lipinski definition) is 7. The minimum absolute atomic E-state index is 0.0882. The Morgan fingerprint density at radius 2 is 1.35 bits per heavy atom. The molecule has 1 fully saturated rings. The van der Waals surface area contributed by atoms with Gasteiger partial charge in [-0.25, -0.2) is 0 Å². The van der Waals surface area contributed by atoms with Crippen LogP contribution in [0.3, 0.4) is 0 Å². The molecule has 0 aromatic heterocycles. The van der Waals surface area contributed by atoms with Crippen molar-refractivity contribution in [2.24, 2.45) is 10.8 Å². The maximum Gasteiger partial charge on any atom is 0.163 e. The van der Waals surface area contributed by atoms with Crippen LogP contribution in [0, 0.1) is 10.8 Å². The molecule has 0 saturated carbocycles. The first-order valence-electron chi connectivity index (χ1n) is 15.5. The molecule has 0 bridgehead atoms. The topological polar surface area (TPSA) is 68.3 Å². The van der Waals surface area contributed by atoms with Gasteiger partial charge in [-0.05, 0) is 40.7 Å². The Morgan fingerprint density at radius 1 is 0.767 bits per heavy atom. The third-order valence-electron chi connectivity index (χ3n) is 9.41. The number of ketones is 2. The predicted octanol–water partition coefficient (Wildman–Crippen LogP) is 6.43. The SMILES string of the molecule is COc1ccc(C2C3=C(CC(C)(C)CC3=O)OC3=C2C(=O)CC(C)(C)C3)cc1CN1CCN(c2ccccc2OC)CC1. The van der Waals surface area contributed by atoms with E-state index in [9.17, 15) is 9.59 Å². The van der Waals surface area contributed by atoms with Crippen LogP contribution in [0.1, 0.15) is 70.4 Å². The van der Waals surface area contributed by atoms with E-state index in [2.05, 4.69) is 55.7 Å². The number of carbonyl (C=O) groups excluding carboxylic acids is 2. The smallest absolute Gasteiger partial charge is 0.163 e. The third-order valence-corrected chi connectivity index (χ3v) is 9.41. The van der Waals surface area contributed by atoms with Crippen molar-refractivity contribution >= 4 is 17.3 Å². The zero-order valence-corrected chi connectivity index (χ0v) is 26.4. The molecule has 0 radical (unpaired) electrons. The summed E-state index contributed by atoms with van der Waals surface area (Å²) in [6.45, 7) is 12.8. The molecule has 2 aromatic rings. The van der Waals surface area contributed by atoms with Crippen molar-refractivity contribution in [2.45, 2.75) is 65.8 Å². The second-order valence-electron chi connectivity index (χ2n) is 14.1. The number of methoxy groups -OCH3 is 2. The first-order chi connectivity index (χ1) is 20.5. The monoisotopic (exact) mass is 584 g/mol. The van der Waals surface area contributed by atoms with Crippen LogP contribution in [-0.2, 0) is 20.9 Å². The number of nitrogens with zero attached hydrogens (tertiary/aromatic N) is 2. The van der Waals surface area contributed by atoms with Crippen LogP contribution in [0.4, 0.5) is 5.69 Å². The fourth-order valence-corrected chi connectivity index (χ4v) is 7.39. The first kappa shape index (κ1) is 29.5. The van der Waals surface area contributed by atoms with Gasteiger partial charge in [-0.3, -0.25) is 14.5 Å². The van der Waals surface area contributed by atoms with E-state index in [4.69, 9.17) is 14.2 Å². The van der Waals surface area contributed by atoms with Crippen LogP contribution in [0.15, 0.2) is 65.1 Å². The van der Waals surface area contributed by atoms with E-state index in [1.165, 1.54) is 0 Å². The molecular formula is C36H44N2O5. The summed E-state index contributed by atoms with van der Waals surface area (Å²) in [5.74, 6) is 2.98. The molecule has 2 aliphatic carbocycles. The van der Waals surface area contributed by atoms with Gasteiger partial charge in [-0.2, -0.15) is 0 Å². The van der Waals surface area contributed by atoms with E-state index >= 15 is 0 Å². The van der Waals surface area contributed by atoms with Crippen LogP contribution in [-0.4, -0.2) is 56.9 Å². The van der Waals surface area contributed by atoms with Gasteiger partial charge in [0.1, 0.15) is 23.0 Å². The second kappa shape index (κ2) is 11.2. The number of allylic oxidation sites excluding steroid dienone is 4. The van der Waals surface area contributed by atoms with Gasteiger partial charge in [0.2, 0.25) is 0 Å². The van der Waals surface area contributed by atoms with Gasteiger partial charge in [0, 0.05) is 81.0 Å². The fraction of sp³-hybridized carbons (Fsp3) is 0.500. The molecule has 0 amide bonds. The summed E-state index contributed by atoms with van der Waals surface area (Å²) in [6.07, 6.45) is 2.28. The van der Waals surface area contributed by atoms with Gasteiger partial charge >= 0.3 is 0 Å². The molecule has 4 aliphatic rings. The average molecular weight is 585 g/mol. The van der Waals surface area contributed by atoms with Gasteiger partial charge in [0.15, 0.2) is 11.6 Å². The Kier molecular flexibility index (Phi) is 7.66. The summed E-state index contributed by atoms with van der Waals surface area (Å²) < 4.78 is 17.9. The Bertz CT molecular complexity index is 1460. The van der Waals surface area contributed by atoms with Crippen LogP contribution in [0.2, 0.25) is 0 Å². The molecule has 2 aromatic carbocycles. The van der Waals surface area contributed by atoms with Crippen molar-refractivity contribution in [3.8, 4) is 11.5 Å². The molecule has 6 rings (SSSR count). The molecule has 1 saturated heterocycles. The maximum absolute atomic E-state index is 13.7. The molecule has 0 unspecified atom stereocenters. The molecule has 0 N–H and O–H groups in total. The predicted molar refractivity (Wildman–Crippen MR) is 167 cm³/mol. The Hall–Kier alpha value is -3.58. The standard InChI is InChI=1S/C36H44N2O5/c1-35(2)18-26(39)33-30(20-35)43-31-21-36(3,4)19-27(40)34(31)32(33)23-11-12-28(41-5)24(17-23)22-37-13-15-38(16-14-37)25-9-7-8-10-29(25)42-6/h7-12,17,32H,13-16,18-22H2,1-6H3. The van der Waals surface area contributed by atoms with Crippen molar-refractivity contribution in [1.29, 1.82) is 0 Å². The fourth-order valence-electron chi connectivity index (χ4n) is 7.39. The summed E-state index contributed by atoms with van der Waals surface area (Å²) >= 11 is 0. The van der Waals surface area contributed by atoms with E-state index in [0.29, 0.717) is 36.8 Å². The molecule has 2 heterocycles. The van der Waals surface area contributed by atoms with Crippen molar-refractivity contribution in [2.75, 3.05) is 45.3 Å². The van der Waals surface area contributed by atoms with E-state index in [0.717, 1.165) is 72.6 Å². The summed E-state index contributed by atoms with van der Waals surface area (Å²) in [5, 5.41) is 0. The lowest BCUT2D eigenvalue weighted by atomic mass is 9.65. The molecule has 228 valence electrons. The number of hydrogen-bond donors (Lipinski definition) is 0. The summed E-state index contributed by atoms with van der Waals surface area (Å²) in [4.78, 5) is 32.3. The Morgan fingerprint density at radius 3 is 1.93 bits per heavy atom. The van der Waals surface area contributed by atoms with Crippen molar-refractivity contribution in [1.82, 2.24) is 4.90 Å². The number of rotatable bonds is 6. The molecular weight excluding hydrogens is 540 g/mol. The maximum atomic E-state index is 13.7. The van der Waals surface area contributed by atoms with Crippen molar-refractivity contribution < 1.29 is 23.8 Å². The molecule has 0 atom stereocenters. The van der Waals surface area contributed by atoms with Crippen LogP contribution in [0.5, 0.6) is 11.5 Å². The highest BCUT2D eigenvalue weighted by atomic mass is 16.5. The summed E-state index contributed by atoms with van der Waals surface area (Å²) in [7, 11) is 3.42. The number of benzene rings is 2. The van der Waals surface area contributed by atoms with E-state index in [1.54, 1.807) is 14.2 Å². The molecule has 43 heavy (non-hydrogen) atoms. The van der Waals surface area contributed by atoms with Crippen LogP contribution in [0.25, 0.3) is 0 Å². The average Bonchev–Trinajstić information content (AvgIpc) is 2.95. The molecule has 7 nitrogen and oxygen atoms in total. The first-order valence-corrected chi connectivity index (χ1v) is 15.5. The number of piperazine rings is 1. The largest absolute Gasteiger partial charge is 0.496 e. The lowest BCUT2D eigenvalue weighted by Crippen LogP contribution is -2.46. The zero-order chi connectivity index (χ0) is 30.5. The molecule has 2 aliphatic heterocycles. The van der Waals surface area contributed by atoms with Crippen LogP contribution < -0.4 is 14.4 Å². The van der Waals surface area contributed by atoms with Gasteiger partial charge in [-0.1, -0.05) is 45.9 Å². The van der Waals surface area contributed by atoms with Crippen molar-refractivity contribution in [3.63, 3.8) is 0 Å². The lowest BCUT2D eigenvalue weighted by molar-refractivity contribution is -0.120. The number of carbonyl (C=O) groups is 2. The number of Topliss-reactive ketones (excluding diaryl/α,β-unsaturated/α-hetero) is 2. The van der Waals surface area contributed by atoms with Gasteiger partial charge in [0.25, 0.3) is 0 Å². The van der Waals surface area contributed by atoms with E-state index in [-0.39, 0.29) is 22.4 Å². The van der Waals surface area contributed by atoms with Crippen LogP contribution >= 0.6 is 0 Å². The number of anilines is 1. The lowest BCUT2D eigenvalue weighted by Gasteiger charge is -2.43. The Labute approximate surface area is 255 Å². The number of ether oxygens (including phenoxy) is 3. The van der Waals surface area contributed by atoms with E-state index in [1.807, 2.05) is 24.3 Å². The second-order valence-corrected chi connectivity index (χ2v) is 14.1. The van der Waals surface area contributed by atoms with Gasteiger partial charge in [-0.15, -0.1) is 0 Å². The molecule has 0 spiro atoms. The highest BCUT2D eigenvalue weighted by Gasteiger charge is 2.48. The molecule has 7 heteroatoms. The third kappa shape index (κ3) is 5.72. The van der Waals surface area contributed by atoms with Gasteiger partial charge < -0.3 is 19.1 Å². The zero-order valence-electron chi connectivity index (χ0n) is 26.4.